The average molecular weight is 309 g/mol. The van der Waals surface area contributed by atoms with Gasteiger partial charge in [-0.2, -0.15) is 0 Å². The van der Waals surface area contributed by atoms with Gasteiger partial charge in [-0.25, -0.2) is 4.98 Å². The van der Waals surface area contributed by atoms with E-state index in [0.717, 1.165) is 11.5 Å². The molecule has 2 heterocycles. The number of likely N-dealkylation sites (tertiary alicyclic amines) is 1. The van der Waals surface area contributed by atoms with Crippen molar-refractivity contribution >= 4 is 11.5 Å². The Morgan fingerprint density at radius 3 is 2.74 bits per heavy atom. The molecular formula is C20H27N3. The Morgan fingerprint density at radius 1 is 1.13 bits per heavy atom. The summed E-state index contributed by atoms with van der Waals surface area (Å²) >= 11 is 0. The molecule has 3 heteroatoms. The fraction of sp³-hybridized carbons (Fsp3) is 0.450. The molecule has 0 bridgehead atoms. The molecule has 1 aromatic heterocycles. The van der Waals surface area contributed by atoms with Crippen LogP contribution in [-0.4, -0.2) is 23.0 Å². The number of hydrogen-bond donors (Lipinski definition) is 1. The first kappa shape index (κ1) is 16.0. The highest BCUT2D eigenvalue weighted by atomic mass is 15.2. The standard InChI is InChI=1S/C20H27N3/c1-2-3-14-23-15-8-7-11-19(23)17-12-13-20(21-16-17)22-18-9-5-4-6-10-18/h4-6,9-10,12-13,16,19H,2-3,7-8,11,14-15H2,1H3,(H,21,22). The first-order valence-electron chi connectivity index (χ1n) is 8.89. The van der Waals surface area contributed by atoms with Crippen LogP contribution in [0.2, 0.25) is 0 Å². The number of para-hydroxylation sites is 1. The van der Waals surface area contributed by atoms with E-state index in [2.05, 4.69) is 52.6 Å². The Hall–Kier alpha value is -1.87. The molecule has 1 saturated heterocycles. The summed E-state index contributed by atoms with van der Waals surface area (Å²) in [6, 6.07) is 15.1. The van der Waals surface area contributed by atoms with Crippen molar-refractivity contribution in [2.75, 3.05) is 18.4 Å². The van der Waals surface area contributed by atoms with Crippen molar-refractivity contribution in [2.24, 2.45) is 0 Å². The summed E-state index contributed by atoms with van der Waals surface area (Å²) in [7, 11) is 0. The lowest BCUT2D eigenvalue weighted by atomic mass is 9.96. The van der Waals surface area contributed by atoms with Crippen molar-refractivity contribution in [2.45, 2.75) is 45.1 Å². The largest absolute Gasteiger partial charge is 0.340 e. The maximum Gasteiger partial charge on any atom is 0.130 e. The molecule has 1 N–H and O–H groups in total. The van der Waals surface area contributed by atoms with Gasteiger partial charge < -0.3 is 5.32 Å². The first-order chi connectivity index (χ1) is 11.4. The molecule has 1 atom stereocenters. The highest BCUT2D eigenvalue weighted by molar-refractivity contribution is 5.55. The zero-order valence-corrected chi connectivity index (χ0v) is 14.0. The van der Waals surface area contributed by atoms with Crippen molar-refractivity contribution in [3.8, 4) is 0 Å². The van der Waals surface area contributed by atoms with Crippen LogP contribution < -0.4 is 5.32 Å². The number of anilines is 2. The Morgan fingerprint density at radius 2 is 2.00 bits per heavy atom. The minimum absolute atomic E-state index is 0.550. The van der Waals surface area contributed by atoms with Gasteiger partial charge in [0, 0.05) is 17.9 Å². The van der Waals surface area contributed by atoms with Crippen molar-refractivity contribution in [3.63, 3.8) is 0 Å². The van der Waals surface area contributed by atoms with Crippen LogP contribution in [0.4, 0.5) is 11.5 Å². The number of unbranched alkanes of at least 4 members (excludes halogenated alkanes) is 1. The number of nitrogens with zero attached hydrogens (tertiary/aromatic N) is 2. The summed E-state index contributed by atoms with van der Waals surface area (Å²) in [6.45, 7) is 4.71. The molecule has 23 heavy (non-hydrogen) atoms. The summed E-state index contributed by atoms with van der Waals surface area (Å²) in [5.74, 6) is 0.913. The number of rotatable bonds is 6. The van der Waals surface area contributed by atoms with Gasteiger partial charge >= 0.3 is 0 Å². The molecule has 1 aromatic carbocycles. The molecule has 0 saturated carbocycles. The predicted octanol–water partition coefficient (Wildman–Crippen LogP) is 5.15. The molecule has 1 unspecified atom stereocenters. The van der Waals surface area contributed by atoms with E-state index in [0.29, 0.717) is 6.04 Å². The van der Waals surface area contributed by atoms with Gasteiger partial charge in [-0.05, 0) is 56.1 Å². The summed E-state index contributed by atoms with van der Waals surface area (Å²) in [6.07, 6.45) is 8.54. The fourth-order valence-corrected chi connectivity index (χ4v) is 3.34. The van der Waals surface area contributed by atoms with Gasteiger partial charge in [-0.1, -0.05) is 44.0 Å². The van der Waals surface area contributed by atoms with Crippen molar-refractivity contribution in [3.05, 3.63) is 54.2 Å². The highest BCUT2D eigenvalue weighted by Gasteiger charge is 2.23. The van der Waals surface area contributed by atoms with Gasteiger partial charge in [0.05, 0.1) is 0 Å². The van der Waals surface area contributed by atoms with Crippen molar-refractivity contribution in [1.29, 1.82) is 0 Å². The van der Waals surface area contributed by atoms with E-state index in [9.17, 15) is 0 Å². The fourth-order valence-electron chi connectivity index (χ4n) is 3.34. The van der Waals surface area contributed by atoms with Crippen LogP contribution in [-0.2, 0) is 0 Å². The van der Waals surface area contributed by atoms with E-state index in [1.807, 2.05) is 18.2 Å². The van der Waals surface area contributed by atoms with Crippen LogP contribution in [0.5, 0.6) is 0 Å². The molecule has 1 aliphatic rings. The van der Waals surface area contributed by atoms with Crippen molar-refractivity contribution in [1.82, 2.24) is 9.88 Å². The van der Waals surface area contributed by atoms with E-state index in [-0.39, 0.29) is 0 Å². The third-order valence-corrected chi connectivity index (χ3v) is 4.63. The Balaban J connectivity index is 1.67. The average Bonchev–Trinajstić information content (AvgIpc) is 2.62. The van der Waals surface area contributed by atoms with Crippen LogP contribution in [0.3, 0.4) is 0 Å². The zero-order chi connectivity index (χ0) is 15.9. The van der Waals surface area contributed by atoms with E-state index in [4.69, 9.17) is 0 Å². The molecule has 122 valence electrons. The van der Waals surface area contributed by atoms with Gasteiger partial charge in [0.25, 0.3) is 0 Å². The van der Waals surface area contributed by atoms with E-state index < -0.39 is 0 Å². The lowest BCUT2D eigenvalue weighted by Crippen LogP contribution is -2.34. The number of piperidine rings is 1. The first-order valence-corrected chi connectivity index (χ1v) is 8.89. The maximum atomic E-state index is 4.63. The molecule has 1 fully saturated rings. The molecule has 1 aliphatic heterocycles. The van der Waals surface area contributed by atoms with E-state index in [1.165, 1.54) is 50.8 Å². The minimum atomic E-state index is 0.550. The molecule has 3 nitrogen and oxygen atoms in total. The second-order valence-corrected chi connectivity index (χ2v) is 6.37. The second kappa shape index (κ2) is 8.11. The SMILES string of the molecule is CCCCN1CCCCC1c1ccc(Nc2ccccc2)nc1. The predicted molar refractivity (Wildman–Crippen MR) is 97.0 cm³/mol. The van der Waals surface area contributed by atoms with Crippen molar-refractivity contribution < 1.29 is 0 Å². The lowest BCUT2D eigenvalue weighted by molar-refractivity contribution is 0.146. The zero-order valence-electron chi connectivity index (χ0n) is 14.0. The molecule has 0 amide bonds. The summed E-state index contributed by atoms with van der Waals surface area (Å²) in [5, 5.41) is 3.35. The Bertz CT molecular complexity index is 580. The number of benzene rings is 1. The topological polar surface area (TPSA) is 28.2 Å². The minimum Gasteiger partial charge on any atom is -0.340 e. The van der Waals surface area contributed by atoms with Crippen LogP contribution in [0, 0.1) is 0 Å². The molecule has 0 aliphatic carbocycles. The van der Waals surface area contributed by atoms with Gasteiger partial charge in [-0.3, -0.25) is 4.90 Å². The lowest BCUT2D eigenvalue weighted by Gasteiger charge is -2.36. The number of hydrogen-bond acceptors (Lipinski definition) is 3. The smallest absolute Gasteiger partial charge is 0.130 e. The Kier molecular flexibility index (Phi) is 5.65. The van der Waals surface area contributed by atoms with E-state index in [1.54, 1.807) is 0 Å². The van der Waals surface area contributed by atoms with Gasteiger partial charge in [0.2, 0.25) is 0 Å². The second-order valence-electron chi connectivity index (χ2n) is 6.37. The van der Waals surface area contributed by atoms with E-state index >= 15 is 0 Å². The van der Waals surface area contributed by atoms with Gasteiger partial charge in [-0.15, -0.1) is 0 Å². The van der Waals surface area contributed by atoms with Crippen LogP contribution in [0.15, 0.2) is 48.7 Å². The quantitative estimate of drug-likeness (QED) is 0.799. The molecular weight excluding hydrogens is 282 g/mol. The van der Waals surface area contributed by atoms with Gasteiger partial charge in [0.1, 0.15) is 5.82 Å². The van der Waals surface area contributed by atoms with Crippen LogP contribution in [0.25, 0.3) is 0 Å². The monoisotopic (exact) mass is 309 g/mol. The van der Waals surface area contributed by atoms with Gasteiger partial charge in [0.15, 0.2) is 0 Å². The number of pyridine rings is 1. The summed E-state index contributed by atoms with van der Waals surface area (Å²) < 4.78 is 0. The summed E-state index contributed by atoms with van der Waals surface area (Å²) in [5.41, 5.74) is 2.44. The third kappa shape index (κ3) is 4.32. The Labute approximate surface area is 139 Å². The van der Waals surface area contributed by atoms with Crippen LogP contribution in [0.1, 0.15) is 50.6 Å². The van der Waals surface area contributed by atoms with Crippen LogP contribution >= 0.6 is 0 Å². The molecule has 0 radical (unpaired) electrons. The number of aromatic nitrogens is 1. The number of nitrogens with one attached hydrogen (secondary N) is 1. The summed E-state index contributed by atoms with van der Waals surface area (Å²) in [4.78, 5) is 7.27. The molecule has 3 rings (SSSR count). The maximum absolute atomic E-state index is 4.63. The molecule has 2 aromatic rings. The normalized spacial score (nSPS) is 18.7. The molecule has 0 spiro atoms. The third-order valence-electron chi connectivity index (χ3n) is 4.63. The highest BCUT2D eigenvalue weighted by Crippen LogP contribution is 2.31.